The largest absolute Gasteiger partial charge is 0.463 e. The van der Waals surface area contributed by atoms with Gasteiger partial charge in [0.25, 0.3) is 0 Å². The number of piperazine rings is 1. The summed E-state index contributed by atoms with van der Waals surface area (Å²) in [5, 5.41) is 0.502. The van der Waals surface area contributed by atoms with Gasteiger partial charge in [-0.25, -0.2) is 9.97 Å². The maximum atomic E-state index is 12.7. The predicted octanol–water partition coefficient (Wildman–Crippen LogP) is 3.41. The molecule has 0 N–H and O–H groups in total. The molecule has 1 aliphatic rings. The topological polar surface area (TPSA) is 79.5 Å². The summed E-state index contributed by atoms with van der Waals surface area (Å²) in [5.74, 6) is 0.735. The minimum atomic E-state index is -0.147. The first kappa shape index (κ1) is 19.9. The summed E-state index contributed by atoms with van der Waals surface area (Å²) < 4.78 is 5.51. The highest BCUT2D eigenvalue weighted by Crippen LogP contribution is 2.21. The lowest BCUT2D eigenvalue weighted by Gasteiger charge is -2.35. The molecule has 0 bridgehead atoms. The first-order valence-electron chi connectivity index (χ1n) is 10.6. The van der Waals surface area contributed by atoms with E-state index in [-0.39, 0.29) is 11.3 Å². The van der Waals surface area contributed by atoms with Crippen molar-refractivity contribution in [2.24, 2.45) is 0 Å². The summed E-state index contributed by atoms with van der Waals surface area (Å²) in [5.41, 5.74) is 3.37. The van der Waals surface area contributed by atoms with E-state index in [0.29, 0.717) is 42.7 Å². The number of rotatable bonds is 3. The van der Waals surface area contributed by atoms with Crippen LogP contribution in [0.25, 0.3) is 28.1 Å². The molecule has 1 fully saturated rings. The van der Waals surface area contributed by atoms with E-state index in [1.807, 2.05) is 37.3 Å². The lowest BCUT2D eigenvalue weighted by atomic mass is 10.1. The zero-order valence-electron chi connectivity index (χ0n) is 17.7. The standard InChI is InChI=1S/C25H22N4O3/c1-17-25(27-21-8-4-3-7-20(21)26-17)29-14-12-28(13-15-29)23(30)11-10-18-16-32-22-9-5-2-6-19(22)24(18)31/h2-11,16H,12-15H2,1H3/b11-10+. The van der Waals surface area contributed by atoms with Crippen LogP contribution in [0.15, 0.2) is 70.1 Å². The molecule has 5 rings (SSSR count). The Hall–Kier alpha value is -4.00. The first-order chi connectivity index (χ1) is 15.6. The number of aryl methyl sites for hydroxylation is 1. The Morgan fingerprint density at radius 3 is 2.44 bits per heavy atom. The molecule has 4 aromatic rings. The van der Waals surface area contributed by atoms with Gasteiger partial charge in [-0.3, -0.25) is 9.59 Å². The highest BCUT2D eigenvalue weighted by molar-refractivity contribution is 5.92. The Kier molecular flexibility index (Phi) is 5.15. The van der Waals surface area contributed by atoms with Gasteiger partial charge >= 0.3 is 0 Å². The highest BCUT2D eigenvalue weighted by atomic mass is 16.3. The van der Waals surface area contributed by atoms with Gasteiger partial charge in [0.2, 0.25) is 5.91 Å². The molecule has 1 amide bonds. The summed E-state index contributed by atoms with van der Waals surface area (Å²) in [4.78, 5) is 38.7. The van der Waals surface area contributed by atoms with Crippen LogP contribution in [0, 0.1) is 6.92 Å². The molecule has 0 atom stereocenters. The van der Waals surface area contributed by atoms with Crippen molar-refractivity contribution in [1.29, 1.82) is 0 Å². The summed E-state index contributed by atoms with van der Waals surface area (Å²) in [6.45, 7) is 4.45. The maximum absolute atomic E-state index is 12.7. The van der Waals surface area contributed by atoms with Gasteiger partial charge in [0, 0.05) is 32.3 Å². The smallest absolute Gasteiger partial charge is 0.246 e. The molecule has 0 unspecified atom stereocenters. The summed E-state index contributed by atoms with van der Waals surface area (Å²) in [7, 11) is 0. The van der Waals surface area contributed by atoms with E-state index in [1.54, 1.807) is 23.1 Å². The molecule has 2 aromatic carbocycles. The Balaban J connectivity index is 1.27. The lowest BCUT2D eigenvalue weighted by Crippen LogP contribution is -2.48. The average Bonchev–Trinajstić information content (AvgIpc) is 2.83. The molecule has 1 aliphatic heterocycles. The quantitative estimate of drug-likeness (QED) is 0.467. The molecule has 0 aliphatic carbocycles. The Morgan fingerprint density at radius 2 is 1.66 bits per heavy atom. The van der Waals surface area contributed by atoms with Crippen molar-refractivity contribution in [3.8, 4) is 0 Å². The van der Waals surface area contributed by atoms with E-state index < -0.39 is 0 Å². The van der Waals surface area contributed by atoms with Gasteiger partial charge in [0.15, 0.2) is 11.2 Å². The number of para-hydroxylation sites is 3. The zero-order chi connectivity index (χ0) is 22.1. The fourth-order valence-corrected chi connectivity index (χ4v) is 3.99. The second-order valence-corrected chi connectivity index (χ2v) is 7.78. The molecule has 2 aromatic heterocycles. The van der Waals surface area contributed by atoms with Gasteiger partial charge in [0.05, 0.1) is 27.7 Å². The number of nitrogens with zero attached hydrogens (tertiary/aromatic N) is 4. The normalized spacial score (nSPS) is 14.5. The Morgan fingerprint density at radius 1 is 0.969 bits per heavy atom. The third kappa shape index (κ3) is 3.73. The van der Waals surface area contributed by atoms with E-state index in [2.05, 4.69) is 9.88 Å². The molecule has 0 spiro atoms. The maximum Gasteiger partial charge on any atom is 0.246 e. The van der Waals surface area contributed by atoms with Crippen molar-refractivity contribution >= 4 is 39.8 Å². The number of anilines is 1. The van der Waals surface area contributed by atoms with Crippen molar-refractivity contribution in [3.63, 3.8) is 0 Å². The number of fused-ring (bicyclic) bond motifs is 2. The highest BCUT2D eigenvalue weighted by Gasteiger charge is 2.22. The van der Waals surface area contributed by atoms with Crippen LogP contribution < -0.4 is 10.3 Å². The second-order valence-electron chi connectivity index (χ2n) is 7.78. The minimum absolute atomic E-state index is 0.126. The van der Waals surface area contributed by atoms with Crippen molar-refractivity contribution in [2.75, 3.05) is 31.1 Å². The third-order valence-electron chi connectivity index (χ3n) is 5.72. The number of hydrogen-bond donors (Lipinski definition) is 0. The van der Waals surface area contributed by atoms with E-state index in [4.69, 9.17) is 9.40 Å². The molecule has 160 valence electrons. The first-order valence-corrected chi connectivity index (χ1v) is 10.6. The van der Waals surface area contributed by atoms with Crippen LogP contribution in [0.2, 0.25) is 0 Å². The van der Waals surface area contributed by atoms with Crippen molar-refractivity contribution in [1.82, 2.24) is 14.9 Å². The van der Waals surface area contributed by atoms with Crippen LogP contribution in [0.5, 0.6) is 0 Å². The molecular weight excluding hydrogens is 404 g/mol. The van der Waals surface area contributed by atoms with E-state index in [1.165, 1.54) is 18.4 Å². The van der Waals surface area contributed by atoms with Crippen molar-refractivity contribution in [2.45, 2.75) is 6.92 Å². The number of hydrogen-bond acceptors (Lipinski definition) is 6. The molecule has 3 heterocycles. The molecule has 0 saturated carbocycles. The third-order valence-corrected chi connectivity index (χ3v) is 5.72. The minimum Gasteiger partial charge on any atom is -0.463 e. The number of aromatic nitrogens is 2. The molecule has 7 heteroatoms. The molecule has 1 saturated heterocycles. The fourth-order valence-electron chi connectivity index (χ4n) is 3.99. The van der Waals surface area contributed by atoms with Crippen LogP contribution in [0.1, 0.15) is 11.3 Å². The summed E-state index contributed by atoms with van der Waals surface area (Å²) in [6, 6.07) is 14.9. The van der Waals surface area contributed by atoms with Gasteiger partial charge in [0.1, 0.15) is 11.8 Å². The van der Waals surface area contributed by atoms with Gasteiger partial charge in [-0.1, -0.05) is 24.3 Å². The van der Waals surface area contributed by atoms with Crippen LogP contribution in [-0.4, -0.2) is 47.0 Å². The van der Waals surface area contributed by atoms with Crippen LogP contribution in [0.4, 0.5) is 5.82 Å². The van der Waals surface area contributed by atoms with Crippen LogP contribution in [-0.2, 0) is 4.79 Å². The number of carbonyl (C=O) groups is 1. The van der Waals surface area contributed by atoms with Crippen molar-refractivity contribution in [3.05, 3.63) is 82.4 Å². The van der Waals surface area contributed by atoms with Crippen LogP contribution >= 0.6 is 0 Å². The number of carbonyl (C=O) groups excluding carboxylic acids is 1. The number of benzene rings is 2. The molecule has 32 heavy (non-hydrogen) atoms. The fraction of sp³-hybridized carbons (Fsp3) is 0.200. The molecule has 7 nitrogen and oxygen atoms in total. The molecular formula is C25H22N4O3. The van der Waals surface area contributed by atoms with E-state index in [9.17, 15) is 9.59 Å². The van der Waals surface area contributed by atoms with E-state index >= 15 is 0 Å². The van der Waals surface area contributed by atoms with E-state index in [0.717, 1.165) is 22.5 Å². The van der Waals surface area contributed by atoms with Gasteiger partial charge in [-0.15, -0.1) is 0 Å². The monoisotopic (exact) mass is 426 g/mol. The number of amides is 1. The second kappa shape index (κ2) is 8.26. The Bertz CT molecular complexity index is 1400. The van der Waals surface area contributed by atoms with Gasteiger partial charge < -0.3 is 14.2 Å². The summed E-state index contributed by atoms with van der Waals surface area (Å²) >= 11 is 0. The Labute approximate surface area is 184 Å². The summed E-state index contributed by atoms with van der Waals surface area (Å²) in [6.07, 6.45) is 4.37. The van der Waals surface area contributed by atoms with Gasteiger partial charge in [-0.05, 0) is 37.3 Å². The molecule has 0 radical (unpaired) electrons. The zero-order valence-corrected chi connectivity index (χ0v) is 17.7. The van der Waals surface area contributed by atoms with Gasteiger partial charge in [-0.2, -0.15) is 0 Å². The van der Waals surface area contributed by atoms with Crippen LogP contribution in [0.3, 0.4) is 0 Å². The SMILES string of the molecule is Cc1nc2ccccc2nc1N1CCN(C(=O)/C=C/c2coc3ccccc3c2=O)CC1. The predicted molar refractivity (Wildman–Crippen MR) is 125 cm³/mol. The lowest BCUT2D eigenvalue weighted by molar-refractivity contribution is -0.126. The average molecular weight is 426 g/mol. The van der Waals surface area contributed by atoms with Crippen molar-refractivity contribution < 1.29 is 9.21 Å².